The van der Waals surface area contributed by atoms with Crippen LogP contribution in [0.3, 0.4) is 0 Å². The summed E-state index contributed by atoms with van der Waals surface area (Å²) in [6.45, 7) is 2.10. The summed E-state index contributed by atoms with van der Waals surface area (Å²) in [7, 11) is 0. The summed E-state index contributed by atoms with van der Waals surface area (Å²) < 4.78 is 0. The lowest BCUT2D eigenvalue weighted by Crippen LogP contribution is -2.40. The van der Waals surface area contributed by atoms with Crippen LogP contribution in [0.15, 0.2) is 12.1 Å². The molecular formula is C15H18Cl2N2O. The van der Waals surface area contributed by atoms with Gasteiger partial charge in [-0.3, -0.25) is 4.79 Å². The summed E-state index contributed by atoms with van der Waals surface area (Å²) in [4.78, 5) is 16.1. The maximum Gasteiger partial charge on any atom is 0.251 e. The second kappa shape index (κ2) is 5.53. The Bertz CT molecular complexity index is 514. The van der Waals surface area contributed by atoms with Gasteiger partial charge in [0.1, 0.15) is 10.3 Å². The summed E-state index contributed by atoms with van der Waals surface area (Å²) in [6, 6.07) is 3.30. The number of amides is 1. The quantitative estimate of drug-likeness (QED) is 0.859. The maximum absolute atomic E-state index is 12.3. The molecule has 3 nitrogen and oxygen atoms in total. The van der Waals surface area contributed by atoms with Crippen molar-refractivity contribution in [3.05, 3.63) is 28.0 Å². The predicted molar refractivity (Wildman–Crippen MR) is 80.1 cm³/mol. The van der Waals surface area contributed by atoms with Crippen LogP contribution in [-0.4, -0.2) is 16.9 Å². The Hall–Kier alpha value is -0.800. The monoisotopic (exact) mass is 312 g/mol. The molecule has 1 heterocycles. The normalized spacial score (nSPS) is 29.4. The Balaban J connectivity index is 1.66. The van der Waals surface area contributed by atoms with E-state index < -0.39 is 0 Å². The lowest BCUT2D eigenvalue weighted by Gasteiger charge is -2.28. The van der Waals surface area contributed by atoms with Gasteiger partial charge in [-0.15, -0.1) is 0 Å². The molecule has 108 valence electrons. The van der Waals surface area contributed by atoms with E-state index in [2.05, 4.69) is 17.2 Å². The van der Waals surface area contributed by atoms with E-state index in [0.717, 1.165) is 11.8 Å². The lowest BCUT2D eigenvalue weighted by atomic mass is 9.84. The van der Waals surface area contributed by atoms with Crippen molar-refractivity contribution >= 4 is 29.1 Å². The zero-order chi connectivity index (χ0) is 14.3. The van der Waals surface area contributed by atoms with Crippen LogP contribution in [0.4, 0.5) is 0 Å². The third-order valence-electron chi connectivity index (χ3n) is 4.82. The summed E-state index contributed by atoms with van der Waals surface area (Å²) >= 11 is 11.7. The topological polar surface area (TPSA) is 42.0 Å². The van der Waals surface area contributed by atoms with Crippen molar-refractivity contribution in [3.63, 3.8) is 0 Å². The first-order valence-corrected chi connectivity index (χ1v) is 7.92. The molecule has 0 saturated heterocycles. The Morgan fingerprint density at radius 3 is 2.55 bits per heavy atom. The molecule has 1 N–H and O–H groups in total. The Labute approximate surface area is 129 Å². The molecule has 4 atom stereocenters. The number of carbonyl (C=O) groups is 1. The number of nitrogens with one attached hydrogen (secondary N) is 1. The van der Waals surface area contributed by atoms with Gasteiger partial charge in [0.05, 0.1) is 0 Å². The zero-order valence-electron chi connectivity index (χ0n) is 11.4. The first-order valence-electron chi connectivity index (χ1n) is 7.17. The molecule has 0 spiro atoms. The minimum atomic E-state index is -0.119. The Morgan fingerprint density at radius 2 is 2.00 bits per heavy atom. The standard InChI is InChI=1S/C15H18Cl2N2O/c1-8(12-5-9-2-3-10(12)4-9)18-15(20)11-6-13(16)19-14(17)7-11/h6-10,12H,2-5H2,1H3,(H,18,20)/t8-,9+,10+,12+/m1/s1. The fourth-order valence-electron chi connectivity index (χ4n) is 3.90. The van der Waals surface area contributed by atoms with Crippen molar-refractivity contribution < 1.29 is 4.79 Å². The second-order valence-corrected chi connectivity index (χ2v) is 6.88. The molecule has 0 unspecified atom stereocenters. The molecule has 0 radical (unpaired) electrons. The first kappa shape index (κ1) is 14.2. The van der Waals surface area contributed by atoms with Crippen molar-refractivity contribution in [2.45, 2.75) is 38.6 Å². The van der Waals surface area contributed by atoms with Crippen LogP contribution >= 0.6 is 23.2 Å². The molecule has 3 rings (SSSR count). The molecule has 1 amide bonds. The number of rotatable bonds is 3. The number of hydrogen-bond donors (Lipinski definition) is 1. The molecule has 2 aliphatic rings. The minimum Gasteiger partial charge on any atom is -0.349 e. The van der Waals surface area contributed by atoms with Crippen molar-refractivity contribution in [3.8, 4) is 0 Å². The molecule has 1 aromatic rings. The molecule has 20 heavy (non-hydrogen) atoms. The van der Waals surface area contributed by atoms with Gasteiger partial charge < -0.3 is 5.32 Å². The van der Waals surface area contributed by atoms with Crippen molar-refractivity contribution in [1.82, 2.24) is 10.3 Å². The van der Waals surface area contributed by atoms with Crippen molar-refractivity contribution in [2.75, 3.05) is 0 Å². The fraction of sp³-hybridized carbons (Fsp3) is 0.600. The van der Waals surface area contributed by atoms with E-state index in [1.54, 1.807) is 12.1 Å². The van der Waals surface area contributed by atoms with Gasteiger partial charge in [-0.1, -0.05) is 29.6 Å². The summed E-state index contributed by atoms with van der Waals surface area (Å²) in [5.41, 5.74) is 0.477. The lowest BCUT2D eigenvalue weighted by molar-refractivity contribution is 0.0915. The van der Waals surface area contributed by atoms with Crippen LogP contribution in [-0.2, 0) is 0 Å². The zero-order valence-corrected chi connectivity index (χ0v) is 12.9. The van der Waals surface area contributed by atoms with Crippen molar-refractivity contribution in [1.29, 1.82) is 0 Å². The highest BCUT2D eigenvalue weighted by Crippen LogP contribution is 2.49. The highest BCUT2D eigenvalue weighted by atomic mass is 35.5. The predicted octanol–water partition coefficient (Wildman–Crippen LogP) is 3.94. The van der Waals surface area contributed by atoms with E-state index in [0.29, 0.717) is 11.5 Å². The van der Waals surface area contributed by atoms with Gasteiger partial charge in [-0.25, -0.2) is 4.98 Å². The number of fused-ring (bicyclic) bond motifs is 2. The van der Waals surface area contributed by atoms with Gasteiger partial charge in [-0.05, 0) is 56.1 Å². The molecular weight excluding hydrogens is 295 g/mol. The van der Waals surface area contributed by atoms with E-state index in [9.17, 15) is 4.79 Å². The Morgan fingerprint density at radius 1 is 1.30 bits per heavy atom. The first-order chi connectivity index (χ1) is 9.52. The van der Waals surface area contributed by atoms with Gasteiger partial charge in [0.25, 0.3) is 5.91 Å². The maximum atomic E-state index is 12.3. The number of carbonyl (C=O) groups excluding carboxylic acids is 1. The SMILES string of the molecule is C[C@@H](NC(=O)c1cc(Cl)nc(Cl)c1)[C@@H]1C[C@H]2CC[C@H]1C2. The number of halogens is 2. The molecule has 0 aliphatic heterocycles. The van der Waals surface area contributed by atoms with Crippen LogP contribution in [0.5, 0.6) is 0 Å². The molecule has 1 aromatic heterocycles. The van der Waals surface area contributed by atoms with Gasteiger partial charge in [0.2, 0.25) is 0 Å². The van der Waals surface area contributed by atoms with Crippen LogP contribution in [0.25, 0.3) is 0 Å². The summed E-state index contributed by atoms with van der Waals surface area (Å²) in [6.07, 6.45) is 5.29. The Kier molecular flexibility index (Phi) is 3.91. The van der Waals surface area contributed by atoms with Crippen LogP contribution in [0.1, 0.15) is 43.0 Å². The third kappa shape index (κ3) is 2.79. The van der Waals surface area contributed by atoms with E-state index in [1.807, 2.05) is 0 Å². The fourth-order valence-corrected chi connectivity index (χ4v) is 4.36. The minimum absolute atomic E-state index is 0.119. The molecule has 2 aliphatic carbocycles. The molecule has 0 aromatic carbocycles. The van der Waals surface area contributed by atoms with Crippen LogP contribution in [0, 0.1) is 17.8 Å². The third-order valence-corrected chi connectivity index (χ3v) is 5.21. The van der Waals surface area contributed by atoms with Crippen LogP contribution < -0.4 is 5.32 Å². The molecule has 2 bridgehead atoms. The summed E-state index contributed by atoms with van der Waals surface area (Å²) in [5.74, 6) is 2.17. The van der Waals surface area contributed by atoms with E-state index in [1.165, 1.54) is 25.7 Å². The van der Waals surface area contributed by atoms with Crippen molar-refractivity contribution in [2.24, 2.45) is 17.8 Å². The van der Waals surface area contributed by atoms with E-state index in [4.69, 9.17) is 23.2 Å². The van der Waals surface area contributed by atoms with Crippen LogP contribution in [0.2, 0.25) is 10.3 Å². The van der Waals surface area contributed by atoms with Gasteiger partial charge >= 0.3 is 0 Å². The molecule has 2 fully saturated rings. The van der Waals surface area contributed by atoms with Gasteiger partial charge in [-0.2, -0.15) is 0 Å². The highest BCUT2D eigenvalue weighted by Gasteiger charge is 2.42. The highest BCUT2D eigenvalue weighted by molar-refractivity contribution is 6.33. The number of nitrogens with zero attached hydrogens (tertiary/aromatic N) is 1. The molecule has 5 heteroatoms. The van der Waals surface area contributed by atoms with Gasteiger partial charge in [0.15, 0.2) is 0 Å². The average molecular weight is 313 g/mol. The average Bonchev–Trinajstić information content (AvgIpc) is 2.99. The van der Waals surface area contributed by atoms with E-state index >= 15 is 0 Å². The van der Waals surface area contributed by atoms with E-state index in [-0.39, 0.29) is 22.3 Å². The number of aromatic nitrogens is 1. The van der Waals surface area contributed by atoms with Gasteiger partial charge in [0, 0.05) is 11.6 Å². The number of hydrogen-bond acceptors (Lipinski definition) is 2. The smallest absolute Gasteiger partial charge is 0.251 e. The second-order valence-electron chi connectivity index (χ2n) is 6.10. The molecule has 2 saturated carbocycles. The summed E-state index contributed by atoms with van der Waals surface area (Å²) in [5, 5.41) is 3.58. The largest absolute Gasteiger partial charge is 0.349 e. The number of pyridine rings is 1.